The maximum absolute atomic E-state index is 12.0. The highest BCUT2D eigenvalue weighted by Crippen LogP contribution is 2.27. The summed E-state index contributed by atoms with van der Waals surface area (Å²) in [6.07, 6.45) is -5.19. The van der Waals surface area contributed by atoms with Crippen molar-refractivity contribution in [1.29, 1.82) is 0 Å². The molecule has 0 bridgehead atoms. The van der Waals surface area contributed by atoms with Crippen molar-refractivity contribution in [3.8, 4) is 5.75 Å². The molecule has 0 amide bonds. The molecule has 1 aromatic carbocycles. The predicted molar refractivity (Wildman–Crippen MR) is 73.4 cm³/mol. The molecule has 114 valence electrons. The second-order valence-corrected chi connectivity index (χ2v) is 5.87. The van der Waals surface area contributed by atoms with Gasteiger partial charge < -0.3 is 9.84 Å². The Morgan fingerprint density at radius 3 is 2.33 bits per heavy atom. The topological polar surface area (TPSA) is 42.4 Å². The first-order valence-corrected chi connectivity index (χ1v) is 7.03. The number of alkyl halides is 3. The molecule has 0 aliphatic carbocycles. The van der Waals surface area contributed by atoms with Crippen molar-refractivity contribution < 1.29 is 23.0 Å². The fraction of sp³-hybridized carbons (Fsp3) is 0.357. The average molecular weight is 317 g/mol. The summed E-state index contributed by atoms with van der Waals surface area (Å²) in [5.41, 5.74) is 1.45. The molecule has 0 saturated heterocycles. The van der Waals surface area contributed by atoms with Crippen molar-refractivity contribution in [1.82, 2.24) is 4.98 Å². The summed E-state index contributed by atoms with van der Waals surface area (Å²) in [6.45, 7) is 3.84. The van der Waals surface area contributed by atoms with Crippen LogP contribution in [0.4, 0.5) is 13.2 Å². The summed E-state index contributed by atoms with van der Waals surface area (Å²) in [7, 11) is 0. The number of aryl methyl sites for hydroxylation is 2. The zero-order valence-electron chi connectivity index (χ0n) is 11.4. The minimum atomic E-state index is -4.71. The van der Waals surface area contributed by atoms with Crippen molar-refractivity contribution in [2.75, 3.05) is 0 Å². The van der Waals surface area contributed by atoms with E-state index in [1.807, 2.05) is 13.8 Å². The molecule has 1 heterocycles. The Morgan fingerprint density at radius 2 is 1.86 bits per heavy atom. The average Bonchev–Trinajstić information content (AvgIpc) is 2.67. The molecule has 2 rings (SSSR count). The number of aliphatic hydroxyl groups excluding tert-OH is 1. The van der Waals surface area contributed by atoms with E-state index in [-0.39, 0.29) is 5.75 Å². The highest BCUT2D eigenvalue weighted by Gasteiger charge is 2.31. The lowest BCUT2D eigenvalue weighted by Crippen LogP contribution is -2.17. The normalized spacial score (nSPS) is 13.2. The number of rotatable bonds is 4. The minimum Gasteiger partial charge on any atom is -0.406 e. The van der Waals surface area contributed by atoms with Gasteiger partial charge >= 0.3 is 6.36 Å². The van der Waals surface area contributed by atoms with Crippen LogP contribution in [0, 0.1) is 13.8 Å². The summed E-state index contributed by atoms with van der Waals surface area (Å²) in [4.78, 5) is 5.42. The van der Waals surface area contributed by atoms with Gasteiger partial charge in [0.1, 0.15) is 5.75 Å². The summed E-state index contributed by atoms with van der Waals surface area (Å²) in [5, 5.41) is 10.9. The third-order valence-corrected chi connectivity index (χ3v) is 4.03. The second kappa shape index (κ2) is 6.03. The van der Waals surface area contributed by atoms with Crippen LogP contribution < -0.4 is 4.74 Å². The number of nitrogens with zero attached hydrogens (tertiary/aromatic N) is 1. The Hall–Kier alpha value is -1.60. The van der Waals surface area contributed by atoms with Crippen LogP contribution in [0.3, 0.4) is 0 Å². The fourth-order valence-electron chi connectivity index (χ4n) is 1.80. The fourth-order valence-corrected chi connectivity index (χ4v) is 2.77. The van der Waals surface area contributed by atoms with Crippen LogP contribution in [-0.2, 0) is 6.42 Å². The third-order valence-electron chi connectivity index (χ3n) is 2.94. The molecule has 0 aliphatic heterocycles. The molecule has 1 atom stereocenters. The molecule has 3 nitrogen and oxygen atoms in total. The maximum Gasteiger partial charge on any atom is 0.573 e. The van der Waals surface area contributed by atoms with Gasteiger partial charge in [0.25, 0.3) is 0 Å². The van der Waals surface area contributed by atoms with Crippen LogP contribution in [0.2, 0.25) is 0 Å². The van der Waals surface area contributed by atoms with E-state index < -0.39 is 12.5 Å². The number of benzene rings is 1. The van der Waals surface area contributed by atoms with Crippen molar-refractivity contribution in [3.05, 3.63) is 45.4 Å². The van der Waals surface area contributed by atoms with E-state index in [1.165, 1.54) is 35.6 Å². The third kappa shape index (κ3) is 4.44. The largest absolute Gasteiger partial charge is 0.573 e. The van der Waals surface area contributed by atoms with Crippen molar-refractivity contribution >= 4 is 11.3 Å². The van der Waals surface area contributed by atoms with Gasteiger partial charge in [0.15, 0.2) is 0 Å². The number of thiazole rings is 1. The first-order valence-electron chi connectivity index (χ1n) is 6.21. The van der Waals surface area contributed by atoms with E-state index in [4.69, 9.17) is 0 Å². The summed E-state index contributed by atoms with van der Waals surface area (Å²) >= 11 is 1.50. The summed E-state index contributed by atoms with van der Waals surface area (Å²) < 4.78 is 39.9. The number of hydrogen-bond donors (Lipinski definition) is 1. The van der Waals surface area contributed by atoms with Crippen LogP contribution in [0.25, 0.3) is 0 Å². The van der Waals surface area contributed by atoms with Gasteiger partial charge in [0.05, 0.1) is 16.8 Å². The van der Waals surface area contributed by atoms with Gasteiger partial charge in [-0.2, -0.15) is 0 Å². The second-order valence-electron chi connectivity index (χ2n) is 4.59. The van der Waals surface area contributed by atoms with E-state index in [0.29, 0.717) is 12.0 Å². The van der Waals surface area contributed by atoms with E-state index in [1.54, 1.807) is 0 Å². The molecule has 0 aliphatic rings. The van der Waals surface area contributed by atoms with Gasteiger partial charge in [-0.25, -0.2) is 4.98 Å². The van der Waals surface area contributed by atoms with Crippen LogP contribution in [0.15, 0.2) is 24.3 Å². The molecule has 1 aromatic heterocycles. The van der Waals surface area contributed by atoms with Crippen molar-refractivity contribution in [2.45, 2.75) is 32.7 Å². The van der Waals surface area contributed by atoms with Gasteiger partial charge in [-0.15, -0.1) is 24.5 Å². The smallest absolute Gasteiger partial charge is 0.406 e. The minimum absolute atomic E-state index is 0.306. The maximum atomic E-state index is 12.0. The highest BCUT2D eigenvalue weighted by atomic mass is 32.1. The predicted octanol–water partition coefficient (Wildman–Crippen LogP) is 3.93. The Morgan fingerprint density at radius 1 is 1.24 bits per heavy atom. The molecule has 21 heavy (non-hydrogen) atoms. The van der Waals surface area contributed by atoms with Gasteiger partial charge in [0, 0.05) is 11.3 Å². The summed E-state index contributed by atoms with van der Waals surface area (Å²) in [6, 6.07) is 5.20. The monoisotopic (exact) mass is 317 g/mol. The van der Waals surface area contributed by atoms with Gasteiger partial charge in [0.2, 0.25) is 0 Å². The van der Waals surface area contributed by atoms with E-state index in [0.717, 1.165) is 15.6 Å². The standard InChI is InChI=1S/C14H14F3NO2S/c1-8-9(2)21-13(18-8)7-12(19)10-3-5-11(6-4-10)20-14(15,16)17/h3-6,12,19H,7H2,1-2H3. The summed E-state index contributed by atoms with van der Waals surface area (Å²) in [5.74, 6) is -0.306. The van der Waals surface area contributed by atoms with Crippen LogP contribution in [0.1, 0.15) is 27.2 Å². The van der Waals surface area contributed by atoms with E-state index >= 15 is 0 Å². The molecular weight excluding hydrogens is 303 g/mol. The zero-order valence-corrected chi connectivity index (χ0v) is 12.3. The van der Waals surface area contributed by atoms with E-state index in [2.05, 4.69) is 9.72 Å². The molecule has 0 radical (unpaired) electrons. The first kappa shape index (κ1) is 15.8. The van der Waals surface area contributed by atoms with Gasteiger partial charge in [-0.05, 0) is 31.5 Å². The number of aromatic nitrogens is 1. The molecule has 1 N–H and O–H groups in total. The van der Waals surface area contributed by atoms with Crippen LogP contribution in [0.5, 0.6) is 5.75 Å². The highest BCUT2D eigenvalue weighted by molar-refractivity contribution is 7.11. The number of hydrogen-bond acceptors (Lipinski definition) is 4. The lowest BCUT2D eigenvalue weighted by Gasteiger charge is -2.12. The number of ether oxygens (including phenoxy) is 1. The molecule has 2 aromatic rings. The molecule has 7 heteroatoms. The van der Waals surface area contributed by atoms with Crippen molar-refractivity contribution in [2.24, 2.45) is 0 Å². The Labute approximate surface area is 124 Å². The van der Waals surface area contributed by atoms with Gasteiger partial charge in [-0.3, -0.25) is 0 Å². The molecule has 1 unspecified atom stereocenters. The Balaban J connectivity index is 2.04. The van der Waals surface area contributed by atoms with E-state index in [9.17, 15) is 18.3 Å². The van der Waals surface area contributed by atoms with Gasteiger partial charge in [-0.1, -0.05) is 12.1 Å². The van der Waals surface area contributed by atoms with Crippen LogP contribution >= 0.6 is 11.3 Å². The zero-order chi connectivity index (χ0) is 15.6. The lowest BCUT2D eigenvalue weighted by molar-refractivity contribution is -0.274. The van der Waals surface area contributed by atoms with Crippen molar-refractivity contribution in [3.63, 3.8) is 0 Å². The number of aliphatic hydroxyl groups is 1. The molecule has 0 saturated carbocycles. The Kier molecular flexibility index (Phi) is 4.53. The molecule has 0 fully saturated rings. The quantitative estimate of drug-likeness (QED) is 0.929. The molecular formula is C14H14F3NO2S. The first-order chi connectivity index (χ1) is 9.74. The SMILES string of the molecule is Cc1nc(CC(O)c2ccc(OC(F)(F)F)cc2)sc1C. The number of halogens is 3. The lowest BCUT2D eigenvalue weighted by atomic mass is 10.1. The van der Waals surface area contributed by atoms with Crippen LogP contribution in [-0.4, -0.2) is 16.5 Å². The molecule has 0 spiro atoms. The Bertz CT molecular complexity index is 588.